The lowest BCUT2D eigenvalue weighted by atomic mass is 10.1. The van der Waals surface area contributed by atoms with Crippen LogP contribution in [0.4, 0.5) is 10.1 Å². The van der Waals surface area contributed by atoms with Crippen LogP contribution in [0.1, 0.15) is 6.92 Å². The highest BCUT2D eigenvalue weighted by atomic mass is 32.2. The predicted octanol–water partition coefficient (Wildman–Crippen LogP) is 2.21. The highest BCUT2D eigenvalue weighted by molar-refractivity contribution is 8.00. The van der Waals surface area contributed by atoms with Crippen LogP contribution in [-0.2, 0) is 4.79 Å². The molecule has 0 spiro atoms. The lowest BCUT2D eigenvalue weighted by Gasteiger charge is -2.37. The summed E-state index contributed by atoms with van der Waals surface area (Å²) in [6.45, 7) is 1.86. The van der Waals surface area contributed by atoms with Crippen molar-refractivity contribution in [3.63, 3.8) is 0 Å². The van der Waals surface area contributed by atoms with E-state index in [0.29, 0.717) is 4.90 Å². The lowest BCUT2D eigenvalue weighted by molar-refractivity contribution is -0.136. The summed E-state index contributed by atoms with van der Waals surface area (Å²) in [5, 5.41) is 8.52. The molecular weight excluding hydrogens is 229 g/mol. The van der Waals surface area contributed by atoms with Gasteiger partial charge >= 0.3 is 5.97 Å². The number of hydrogen-bond acceptors (Lipinski definition) is 3. The van der Waals surface area contributed by atoms with Gasteiger partial charge < -0.3 is 10.0 Å². The van der Waals surface area contributed by atoms with Crippen molar-refractivity contribution in [1.82, 2.24) is 0 Å². The average molecular weight is 241 g/mol. The molecule has 2 unspecified atom stereocenters. The number of halogens is 1. The van der Waals surface area contributed by atoms with Gasteiger partial charge in [-0.3, -0.25) is 4.79 Å². The van der Waals surface area contributed by atoms with Crippen molar-refractivity contribution in [1.29, 1.82) is 0 Å². The maximum Gasteiger partial charge on any atom is 0.319 e. The fraction of sp³-hybridized carbons (Fsp3) is 0.364. The molecule has 0 fully saturated rings. The van der Waals surface area contributed by atoms with Gasteiger partial charge in [0.05, 0.1) is 5.69 Å². The zero-order chi connectivity index (χ0) is 11.9. The molecule has 1 aliphatic rings. The number of thioether (sulfide) groups is 1. The molecule has 0 aliphatic carbocycles. The third-order valence-corrected chi connectivity index (χ3v) is 4.28. The summed E-state index contributed by atoms with van der Waals surface area (Å²) in [6.07, 6.45) is 0. The average Bonchev–Trinajstić information content (AvgIpc) is 2.22. The molecule has 0 aromatic heterocycles. The van der Waals surface area contributed by atoms with Gasteiger partial charge in [0.15, 0.2) is 0 Å². The highest BCUT2D eigenvalue weighted by Crippen LogP contribution is 2.41. The number of nitrogens with zero attached hydrogens (tertiary/aromatic N) is 1. The van der Waals surface area contributed by atoms with Gasteiger partial charge in [0.25, 0.3) is 0 Å². The Morgan fingerprint density at radius 1 is 1.56 bits per heavy atom. The standard InChI is InChI=1S/C11H12FNO2S/c1-6-10(11(14)15)16-9-5-7(12)3-4-8(9)13(6)2/h3-6,10H,1-2H3,(H,14,15). The Balaban J connectivity index is 2.44. The van der Waals surface area contributed by atoms with E-state index in [9.17, 15) is 9.18 Å². The van der Waals surface area contributed by atoms with Crippen LogP contribution in [0.3, 0.4) is 0 Å². The van der Waals surface area contributed by atoms with E-state index in [0.717, 1.165) is 5.69 Å². The zero-order valence-corrected chi connectivity index (χ0v) is 9.79. The van der Waals surface area contributed by atoms with Gasteiger partial charge in [-0.2, -0.15) is 0 Å². The summed E-state index contributed by atoms with van der Waals surface area (Å²) < 4.78 is 13.1. The van der Waals surface area contributed by atoms with Gasteiger partial charge in [-0.25, -0.2) is 4.39 Å². The smallest absolute Gasteiger partial charge is 0.319 e. The molecular formula is C11H12FNO2S. The molecule has 0 saturated carbocycles. The van der Waals surface area contributed by atoms with Gasteiger partial charge in [0, 0.05) is 18.0 Å². The van der Waals surface area contributed by atoms with Gasteiger partial charge in [0.1, 0.15) is 11.1 Å². The van der Waals surface area contributed by atoms with Crippen LogP contribution in [0.15, 0.2) is 23.1 Å². The number of aliphatic carboxylic acids is 1. The Morgan fingerprint density at radius 3 is 2.88 bits per heavy atom. The molecule has 2 atom stereocenters. The van der Waals surface area contributed by atoms with Crippen molar-refractivity contribution in [3.05, 3.63) is 24.0 Å². The third kappa shape index (κ3) is 1.75. The summed E-state index contributed by atoms with van der Waals surface area (Å²) in [6, 6.07) is 4.36. The first-order valence-electron chi connectivity index (χ1n) is 4.92. The third-order valence-electron chi connectivity index (χ3n) is 2.85. The van der Waals surface area contributed by atoms with Crippen molar-refractivity contribution in [2.75, 3.05) is 11.9 Å². The molecule has 0 amide bonds. The number of carbonyl (C=O) groups is 1. The van der Waals surface area contributed by atoms with E-state index in [4.69, 9.17) is 5.11 Å². The minimum Gasteiger partial charge on any atom is -0.480 e. The normalized spacial score (nSPS) is 24.1. The fourth-order valence-corrected chi connectivity index (χ4v) is 3.06. The van der Waals surface area contributed by atoms with E-state index in [2.05, 4.69) is 0 Å². The van der Waals surface area contributed by atoms with E-state index >= 15 is 0 Å². The molecule has 1 heterocycles. The highest BCUT2D eigenvalue weighted by Gasteiger charge is 2.34. The Bertz CT molecular complexity index is 438. The van der Waals surface area contributed by atoms with Crippen LogP contribution in [0, 0.1) is 5.82 Å². The molecule has 0 radical (unpaired) electrons. The largest absolute Gasteiger partial charge is 0.480 e. The molecule has 3 nitrogen and oxygen atoms in total. The monoisotopic (exact) mass is 241 g/mol. The van der Waals surface area contributed by atoms with Crippen LogP contribution in [0.2, 0.25) is 0 Å². The van der Waals surface area contributed by atoms with Crippen LogP contribution in [-0.4, -0.2) is 29.4 Å². The second-order valence-electron chi connectivity index (χ2n) is 3.84. The maximum atomic E-state index is 13.1. The van der Waals surface area contributed by atoms with E-state index in [1.807, 2.05) is 18.9 Å². The Morgan fingerprint density at radius 2 is 2.25 bits per heavy atom. The molecule has 1 aromatic carbocycles. The minimum atomic E-state index is -0.862. The fourth-order valence-electron chi connectivity index (χ4n) is 1.79. The van der Waals surface area contributed by atoms with Gasteiger partial charge in [-0.05, 0) is 25.1 Å². The minimum absolute atomic E-state index is 0.111. The summed E-state index contributed by atoms with van der Waals surface area (Å²) in [5.74, 6) is -1.20. The van der Waals surface area contributed by atoms with Crippen LogP contribution >= 0.6 is 11.8 Å². The summed E-state index contributed by atoms with van der Waals surface area (Å²) >= 11 is 1.21. The number of benzene rings is 1. The van der Waals surface area contributed by atoms with Gasteiger partial charge in [-0.1, -0.05) is 0 Å². The van der Waals surface area contributed by atoms with Crippen LogP contribution < -0.4 is 4.90 Å². The molecule has 16 heavy (non-hydrogen) atoms. The van der Waals surface area contributed by atoms with Crippen molar-refractivity contribution in [2.24, 2.45) is 0 Å². The number of fused-ring (bicyclic) bond motifs is 1. The molecule has 5 heteroatoms. The summed E-state index contributed by atoms with van der Waals surface area (Å²) in [7, 11) is 1.83. The topological polar surface area (TPSA) is 40.5 Å². The SMILES string of the molecule is CC1C(C(=O)O)Sc2cc(F)ccc2N1C. The quantitative estimate of drug-likeness (QED) is 0.818. The summed E-state index contributed by atoms with van der Waals surface area (Å²) in [4.78, 5) is 13.6. The predicted molar refractivity (Wildman–Crippen MR) is 61.5 cm³/mol. The van der Waals surface area contributed by atoms with Gasteiger partial charge in [0.2, 0.25) is 0 Å². The van der Waals surface area contributed by atoms with E-state index in [1.165, 1.54) is 23.9 Å². The Labute approximate surface area is 97.3 Å². The van der Waals surface area contributed by atoms with Gasteiger partial charge in [-0.15, -0.1) is 11.8 Å². The van der Waals surface area contributed by atoms with E-state index < -0.39 is 11.2 Å². The van der Waals surface area contributed by atoms with E-state index in [-0.39, 0.29) is 11.9 Å². The first-order valence-corrected chi connectivity index (χ1v) is 5.80. The lowest BCUT2D eigenvalue weighted by Crippen LogP contribution is -2.44. The number of rotatable bonds is 1. The zero-order valence-electron chi connectivity index (χ0n) is 8.98. The molecule has 2 rings (SSSR count). The number of carboxylic acids is 1. The second-order valence-corrected chi connectivity index (χ2v) is 5.02. The second kappa shape index (κ2) is 3.97. The molecule has 1 aromatic rings. The van der Waals surface area contributed by atoms with E-state index in [1.54, 1.807) is 6.07 Å². The molecule has 1 aliphatic heterocycles. The molecule has 1 N–H and O–H groups in total. The number of hydrogen-bond donors (Lipinski definition) is 1. The molecule has 86 valence electrons. The maximum absolute atomic E-state index is 13.1. The summed E-state index contributed by atoms with van der Waals surface area (Å²) in [5.41, 5.74) is 0.886. The number of carboxylic acid groups (broad SMARTS) is 1. The Kier molecular flexibility index (Phi) is 2.80. The van der Waals surface area contributed by atoms with Crippen molar-refractivity contribution < 1.29 is 14.3 Å². The van der Waals surface area contributed by atoms with Crippen molar-refractivity contribution in [2.45, 2.75) is 23.1 Å². The Hall–Kier alpha value is -1.23. The first-order chi connectivity index (χ1) is 7.50. The van der Waals surface area contributed by atoms with Crippen LogP contribution in [0.25, 0.3) is 0 Å². The molecule has 0 bridgehead atoms. The first kappa shape index (κ1) is 11.3. The van der Waals surface area contributed by atoms with Crippen molar-refractivity contribution in [3.8, 4) is 0 Å². The number of anilines is 1. The molecule has 0 saturated heterocycles. The van der Waals surface area contributed by atoms with Crippen LogP contribution in [0.5, 0.6) is 0 Å². The van der Waals surface area contributed by atoms with Crippen molar-refractivity contribution >= 4 is 23.4 Å².